The average molecular weight is 362 g/mol. The van der Waals surface area contributed by atoms with Crippen LogP contribution in [0.2, 0.25) is 0 Å². The molecule has 0 heterocycles. The standard InChI is InChI=1S/C19H26N2O5/c1-13-7-9-16(10-8-13)25-12-11-17(22)26-14(2)18(23)21-19(24)20-15-5-3-4-6-15/h7-10,14-15H,3-6,11-12H2,1-2H3,(H2,20,21,23,24)/t14-/m0/s1. The van der Waals surface area contributed by atoms with Crippen molar-refractivity contribution in [1.29, 1.82) is 0 Å². The lowest BCUT2D eigenvalue weighted by Gasteiger charge is -2.15. The molecule has 142 valence electrons. The number of rotatable bonds is 7. The third-order valence-corrected chi connectivity index (χ3v) is 4.20. The van der Waals surface area contributed by atoms with Gasteiger partial charge in [-0.3, -0.25) is 14.9 Å². The number of ether oxygens (including phenoxy) is 2. The number of esters is 1. The first-order valence-electron chi connectivity index (χ1n) is 8.94. The Balaban J connectivity index is 1.64. The molecule has 0 spiro atoms. The molecule has 0 radical (unpaired) electrons. The molecule has 0 aliphatic heterocycles. The molecule has 1 aliphatic rings. The van der Waals surface area contributed by atoms with Crippen molar-refractivity contribution < 1.29 is 23.9 Å². The van der Waals surface area contributed by atoms with Gasteiger partial charge in [0.05, 0.1) is 13.0 Å². The van der Waals surface area contributed by atoms with E-state index in [-0.39, 0.29) is 19.1 Å². The van der Waals surface area contributed by atoms with Gasteiger partial charge in [0, 0.05) is 6.04 Å². The van der Waals surface area contributed by atoms with Crippen molar-refractivity contribution in [3.05, 3.63) is 29.8 Å². The summed E-state index contributed by atoms with van der Waals surface area (Å²) in [5.41, 5.74) is 1.12. The molecule has 2 rings (SSSR count). The Labute approximate surface area is 153 Å². The highest BCUT2D eigenvalue weighted by atomic mass is 16.5. The summed E-state index contributed by atoms with van der Waals surface area (Å²) in [7, 11) is 0. The normalized spacial score (nSPS) is 15.2. The molecule has 0 aromatic heterocycles. The maximum Gasteiger partial charge on any atom is 0.321 e. The zero-order valence-electron chi connectivity index (χ0n) is 15.2. The van der Waals surface area contributed by atoms with Crippen LogP contribution < -0.4 is 15.4 Å². The van der Waals surface area contributed by atoms with E-state index in [0.717, 1.165) is 31.2 Å². The molecular weight excluding hydrogens is 336 g/mol. The smallest absolute Gasteiger partial charge is 0.321 e. The third kappa shape index (κ3) is 6.74. The highest BCUT2D eigenvalue weighted by molar-refractivity contribution is 5.97. The van der Waals surface area contributed by atoms with Crippen LogP contribution in [0, 0.1) is 6.92 Å². The number of nitrogens with one attached hydrogen (secondary N) is 2. The number of carbonyl (C=O) groups excluding carboxylic acids is 3. The molecule has 0 bridgehead atoms. The molecular formula is C19H26N2O5. The van der Waals surface area contributed by atoms with Gasteiger partial charge in [0.2, 0.25) is 0 Å². The molecule has 26 heavy (non-hydrogen) atoms. The Morgan fingerprint density at radius 3 is 2.46 bits per heavy atom. The number of imide groups is 1. The van der Waals surface area contributed by atoms with Crippen LogP contribution in [0.15, 0.2) is 24.3 Å². The second-order valence-corrected chi connectivity index (χ2v) is 6.49. The molecule has 2 N–H and O–H groups in total. The van der Waals surface area contributed by atoms with E-state index in [0.29, 0.717) is 5.75 Å². The molecule has 1 aromatic carbocycles. The largest absolute Gasteiger partial charge is 0.493 e. The van der Waals surface area contributed by atoms with E-state index < -0.39 is 24.0 Å². The summed E-state index contributed by atoms with van der Waals surface area (Å²) in [5, 5.41) is 4.94. The summed E-state index contributed by atoms with van der Waals surface area (Å²) in [6.45, 7) is 3.55. The van der Waals surface area contributed by atoms with Crippen molar-refractivity contribution in [2.75, 3.05) is 6.61 Å². The van der Waals surface area contributed by atoms with Gasteiger partial charge in [-0.2, -0.15) is 0 Å². The monoisotopic (exact) mass is 362 g/mol. The van der Waals surface area contributed by atoms with Crippen LogP contribution in [0.4, 0.5) is 4.79 Å². The van der Waals surface area contributed by atoms with E-state index >= 15 is 0 Å². The predicted molar refractivity (Wildman–Crippen MR) is 95.8 cm³/mol. The summed E-state index contributed by atoms with van der Waals surface area (Å²) in [6.07, 6.45) is 2.98. The molecule has 7 nitrogen and oxygen atoms in total. The van der Waals surface area contributed by atoms with Gasteiger partial charge in [0.25, 0.3) is 5.91 Å². The number of amides is 3. The Bertz CT molecular complexity index is 623. The highest BCUT2D eigenvalue weighted by Crippen LogP contribution is 2.17. The van der Waals surface area contributed by atoms with Crippen LogP contribution in [-0.2, 0) is 14.3 Å². The van der Waals surface area contributed by atoms with Crippen molar-refractivity contribution in [1.82, 2.24) is 10.6 Å². The fourth-order valence-corrected chi connectivity index (χ4v) is 2.70. The summed E-state index contributed by atoms with van der Waals surface area (Å²) in [6, 6.07) is 7.03. The molecule has 0 unspecified atom stereocenters. The molecule has 1 aliphatic carbocycles. The van der Waals surface area contributed by atoms with Crippen molar-refractivity contribution >= 4 is 17.9 Å². The quantitative estimate of drug-likeness (QED) is 0.727. The Morgan fingerprint density at radius 1 is 1.15 bits per heavy atom. The van der Waals surface area contributed by atoms with E-state index in [4.69, 9.17) is 9.47 Å². The van der Waals surface area contributed by atoms with E-state index in [9.17, 15) is 14.4 Å². The fourth-order valence-electron chi connectivity index (χ4n) is 2.70. The summed E-state index contributed by atoms with van der Waals surface area (Å²) < 4.78 is 10.5. The predicted octanol–water partition coefficient (Wildman–Crippen LogP) is 2.46. The van der Waals surface area contributed by atoms with Crippen LogP contribution in [-0.4, -0.2) is 36.7 Å². The zero-order chi connectivity index (χ0) is 18.9. The number of aryl methyl sites for hydroxylation is 1. The Kier molecular flexibility index (Phi) is 7.44. The van der Waals surface area contributed by atoms with Gasteiger partial charge in [0.15, 0.2) is 6.10 Å². The van der Waals surface area contributed by atoms with Gasteiger partial charge in [-0.1, -0.05) is 30.5 Å². The van der Waals surface area contributed by atoms with Gasteiger partial charge in [-0.15, -0.1) is 0 Å². The number of carbonyl (C=O) groups is 3. The highest BCUT2D eigenvalue weighted by Gasteiger charge is 2.22. The fraction of sp³-hybridized carbons (Fsp3) is 0.526. The van der Waals surface area contributed by atoms with Gasteiger partial charge < -0.3 is 14.8 Å². The van der Waals surface area contributed by atoms with Crippen LogP contribution in [0.5, 0.6) is 5.75 Å². The molecule has 1 aromatic rings. The first-order valence-corrected chi connectivity index (χ1v) is 8.94. The molecule has 3 amide bonds. The maximum atomic E-state index is 11.9. The van der Waals surface area contributed by atoms with Crippen LogP contribution in [0.1, 0.15) is 44.6 Å². The second-order valence-electron chi connectivity index (χ2n) is 6.49. The van der Waals surface area contributed by atoms with Gasteiger partial charge in [-0.05, 0) is 38.8 Å². The lowest BCUT2D eigenvalue weighted by atomic mass is 10.2. The number of hydrogen-bond acceptors (Lipinski definition) is 5. The minimum absolute atomic E-state index is 0.0137. The molecule has 7 heteroatoms. The Hall–Kier alpha value is -2.57. The zero-order valence-corrected chi connectivity index (χ0v) is 15.2. The third-order valence-electron chi connectivity index (χ3n) is 4.20. The lowest BCUT2D eigenvalue weighted by molar-refractivity contribution is -0.154. The van der Waals surface area contributed by atoms with Crippen molar-refractivity contribution in [3.8, 4) is 5.75 Å². The second kappa shape index (κ2) is 9.79. The number of benzene rings is 1. The SMILES string of the molecule is Cc1ccc(OCCC(=O)O[C@@H](C)C(=O)NC(=O)NC2CCCC2)cc1. The molecule has 0 saturated heterocycles. The number of hydrogen-bond donors (Lipinski definition) is 2. The summed E-state index contributed by atoms with van der Waals surface area (Å²) in [4.78, 5) is 35.4. The van der Waals surface area contributed by atoms with Crippen molar-refractivity contribution in [2.45, 2.75) is 58.1 Å². The van der Waals surface area contributed by atoms with E-state index in [1.54, 1.807) is 0 Å². The van der Waals surface area contributed by atoms with E-state index in [1.165, 1.54) is 6.92 Å². The van der Waals surface area contributed by atoms with Crippen molar-refractivity contribution in [3.63, 3.8) is 0 Å². The minimum Gasteiger partial charge on any atom is -0.493 e. The first kappa shape index (κ1) is 19.8. The van der Waals surface area contributed by atoms with Gasteiger partial charge >= 0.3 is 12.0 Å². The van der Waals surface area contributed by atoms with Crippen LogP contribution in [0.3, 0.4) is 0 Å². The molecule has 1 atom stereocenters. The minimum atomic E-state index is -1.05. The van der Waals surface area contributed by atoms with Gasteiger partial charge in [0.1, 0.15) is 5.75 Å². The maximum absolute atomic E-state index is 11.9. The van der Waals surface area contributed by atoms with Crippen LogP contribution >= 0.6 is 0 Å². The molecule has 1 fully saturated rings. The van der Waals surface area contributed by atoms with Crippen LogP contribution in [0.25, 0.3) is 0 Å². The Morgan fingerprint density at radius 2 is 1.81 bits per heavy atom. The first-order chi connectivity index (χ1) is 12.4. The van der Waals surface area contributed by atoms with Crippen molar-refractivity contribution in [2.24, 2.45) is 0 Å². The summed E-state index contributed by atoms with van der Waals surface area (Å²) in [5.74, 6) is -0.540. The van der Waals surface area contributed by atoms with E-state index in [1.807, 2.05) is 31.2 Å². The van der Waals surface area contributed by atoms with E-state index in [2.05, 4.69) is 10.6 Å². The lowest BCUT2D eigenvalue weighted by Crippen LogP contribution is -2.47. The molecule has 1 saturated carbocycles. The summed E-state index contributed by atoms with van der Waals surface area (Å²) >= 11 is 0. The van der Waals surface area contributed by atoms with Gasteiger partial charge in [-0.25, -0.2) is 4.79 Å². The average Bonchev–Trinajstić information content (AvgIpc) is 3.09. The number of urea groups is 1. The topological polar surface area (TPSA) is 93.7 Å².